The van der Waals surface area contributed by atoms with E-state index in [1.165, 1.54) is 23.1 Å². The predicted octanol–water partition coefficient (Wildman–Crippen LogP) is 3.31. The van der Waals surface area contributed by atoms with Crippen molar-refractivity contribution in [3.8, 4) is 0 Å². The normalized spacial score (nSPS) is 22.0. The van der Waals surface area contributed by atoms with Gasteiger partial charge in [-0.05, 0) is 37.3 Å². The third-order valence-electron chi connectivity index (χ3n) is 3.01. The van der Waals surface area contributed by atoms with Gasteiger partial charge < -0.3 is 5.11 Å². The van der Waals surface area contributed by atoms with Crippen LogP contribution < -0.4 is 0 Å². The Labute approximate surface area is 91.4 Å². The number of aliphatic hydroxyl groups is 1. The molecule has 2 rings (SSSR count). The summed E-state index contributed by atoms with van der Waals surface area (Å²) in [4.78, 5) is 0. The molecule has 0 aromatic heterocycles. The van der Waals surface area contributed by atoms with E-state index in [0.29, 0.717) is 0 Å². The number of aliphatic hydroxyl groups excluding tert-OH is 1. The summed E-state index contributed by atoms with van der Waals surface area (Å²) < 4.78 is 0. The Kier molecular flexibility index (Phi) is 3.22. The van der Waals surface area contributed by atoms with Crippen LogP contribution in [0.2, 0.25) is 0 Å². The average molecular weight is 202 g/mol. The second-order valence-electron chi connectivity index (χ2n) is 4.37. The third-order valence-corrected chi connectivity index (χ3v) is 3.01. The van der Waals surface area contributed by atoms with Crippen molar-refractivity contribution in [2.75, 3.05) is 0 Å². The van der Waals surface area contributed by atoms with Gasteiger partial charge in [0.2, 0.25) is 0 Å². The molecule has 1 aromatic carbocycles. The summed E-state index contributed by atoms with van der Waals surface area (Å²) in [5.74, 6) is 0. The second-order valence-corrected chi connectivity index (χ2v) is 4.37. The molecule has 1 aliphatic rings. The van der Waals surface area contributed by atoms with E-state index in [9.17, 15) is 5.11 Å². The first kappa shape index (κ1) is 10.4. The molecule has 0 saturated heterocycles. The molecule has 0 fully saturated rings. The van der Waals surface area contributed by atoms with E-state index < -0.39 is 0 Å². The SMILES string of the molecule is Cc1ccc(C2=CC(O)CCCC2)cc1. The zero-order chi connectivity index (χ0) is 10.7. The van der Waals surface area contributed by atoms with Gasteiger partial charge in [-0.25, -0.2) is 0 Å². The van der Waals surface area contributed by atoms with E-state index in [0.717, 1.165) is 19.3 Å². The Bertz CT molecular complexity index is 348. The van der Waals surface area contributed by atoms with Gasteiger partial charge in [-0.2, -0.15) is 0 Å². The molecule has 1 heteroatoms. The maximum atomic E-state index is 9.70. The number of aryl methyl sites for hydroxylation is 1. The number of allylic oxidation sites excluding steroid dienone is 1. The van der Waals surface area contributed by atoms with Gasteiger partial charge in [0.1, 0.15) is 0 Å². The first-order valence-electron chi connectivity index (χ1n) is 5.71. The molecule has 1 N–H and O–H groups in total. The highest BCUT2D eigenvalue weighted by Crippen LogP contribution is 2.26. The highest BCUT2D eigenvalue weighted by atomic mass is 16.3. The van der Waals surface area contributed by atoms with Crippen molar-refractivity contribution in [1.29, 1.82) is 0 Å². The second kappa shape index (κ2) is 4.63. The molecule has 1 atom stereocenters. The molecular weight excluding hydrogens is 184 g/mol. The van der Waals surface area contributed by atoms with Crippen LogP contribution >= 0.6 is 0 Å². The largest absolute Gasteiger partial charge is 0.389 e. The average Bonchev–Trinajstić information content (AvgIpc) is 2.44. The van der Waals surface area contributed by atoms with E-state index in [2.05, 4.69) is 31.2 Å². The topological polar surface area (TPSA) is 20.2 Å². The highest BCUT2D eigenvalue weighted by Gasteiger charge is 2.10. The number of hydrogen-bond donors (Lipinski definition) is 1. The Hall–Kier alpha value is -1.08. The van der Waals surface area contributed by atoms with Crippen LogP contribution in [-0.2, 0) is 0 Å². The summed E-state index contributed by atoms with van der Waals surface area (Å²) in [6.45, 7) is 2.10. The van der Waals surface area contributed by atoms with Crippen LogP contribution in [-0.4, -0.2) is 11.2 Å². The lowest BCUT2D eigenvalue weighted by Gasteiger charge is -2.06. The highest BCUT2D eigenvalue weighted by molar-refractivity contribution is 5.66. The van der Waals surface area contributed by atoms with Gasteiger partial charge in [0.25, 0.3) is 0 Å². The maximum Gasteiger partial charge on any atom is 0.0726 e. The van der Waals surface area contributed by atoms with E-state index >= 15 is 0 Å². The summed E-state index contributed by atoms with van der Waals surface area (Å²) in [5.41, 5.74) is 3.86. The Morgan fingerprint density at radius 1 is 1.13 bits per heavy atom. The number of benzene rings is 1. The Morgan fingerprint density at radius 2 is 1.87 bits per heavy atom. The number of hydrogen-bond acceptors (Lipinski definition) is 1. The molecule has 0 aliphatic heterocycles. The fourth-order valence-electron chi connectivity index (χ4n) is 2.08. The van der Waals surface area contributed by atoms with Gasteiger partial charge in [-0.1, -0.05) is 42.3 Å². The lowest BCUT2D eigenvalue weighted by Crippen LogP contribution is -2.00. The molecule has 1 nitrogen and oxygen atoms in total. The van der Waals surface area contributed by atoms with Gasteiger partial charge in [0, 0.05) is 0 Å². The van der Waals surface area contributed by atoms with Crippen LogP contribution in [0.5, 0.6) is 0 Å². The van der Waals surface area contributed by atoms with Crippen molar-refractivity contribution in [3.63, 3.8) is 0 Å². The molecule has 0 radical (unpaired) electrons. The predicted molar refractivity (Wildman–Crippen MR) is 63.6 cm³/mol. The molecule has 0 bridgehead atoms. The smallest absolute Gasteiger partial charge is 0.0726 e. The van der Waals surface area contributed by atoms with Gasteiger partial charge >= 0.3 is 0 Å². The maximum absolute atomic E-state index is 9.70. The van der Waals surface area contributed by atoms with Gasteiger partial charge in [0.05, 0.1) is 6.10 Å². The minimum absolute atomic E-state index is 0.246. The molecular formula is C14H18O. The Balaban J connectivity index is 2.24. The molecule has 0 spiro atoms. The molecule has 80 valence electrons. The summed E-state index contributed by atoms with van der Waals surface area (Å²) >= 11 is 0. The fourth-order valence-corrected chi connectivity index (χ4v) is 2.08. The summed E-state index contributed by atoms with van der Waals surface area (Å²) in [6, 6.07) is 8.57. The molecule has 15 heavy (non-hydrogen) atoms. The molecule has 0 heterocycles. The molecule has 0 amide bonds. The molecule has 1 aromatic rings. The van der Waals surface area contributed by atoms with Crippen molar-refractivity contribution < 1.29 is 5.11 Å². The van der Waals surface area contributed by atoms with Crippen LogP contribution in [0.4, 0.5) is 0 Å². The first-order valence-corrected chi connectivity index (χ1v) is 5.71. The van der Waals surface area contributed by atoms with Gasteiger partial charge in [-0.3, -0.25) is 0 Å². The van der Waals surface area contributed by atoms with Crippen molar-refractivity contribution in [3.05, 3.63) is 41.5 Å². The van der Waals surface area contributed by atoms with E-state index in [-0.39, 0.29) is 6.10 Å². The quantitative estimate of drug-likeness (QED) is 0.740. The van der Waals surface area contributed by atoms with E-state index in [1.54, 1.807) is 0 Å². The molecule has 0 saturated carbocycles. The van der Waals surface area contributed by atoms with Crippen molar-refractivity contribution in [2.45, 2.75) is 38.7 Å². The van der Waals surface area contributed by atoms with Crippen molar-refractivity contribution in [2.24, 2.45) is 0 Å². The molecule has 1 aliphatic carbocycles. The minimum Gasteiger partial charge on any atom is -0.389 e. The lowest BCUT2D eigenvalue weighted by atomic mass is 10.0. The summed E-state index contributed by atoms with van der Waals surface area (Å²) in [6.07, 6.45) is 6.11. The minimum atomic E-state index is -0.246. The zero-order valence-electron chi connectivity index (χ0n) is 9.24. The third kappa shape index (κ3) is 2.69. The van der Waals surface area contributed by atoms with Crippen molar-refractivity contribution in [1.82, 2.24) is 0 Å². The zero-order valence-corrected chi connectivity index (χ0v) is 9.24. The van der Waals surface area contributed by atoms with Gasteiger partial charge in [-0.15, -0.1) is 0 Å². The van der Waals surface area contributed by atoms with Crippen LogP contribution in [0.25, 0.3) is 5.57 Å². The Morgan fingerprint density at radius 3 is 2.60 bits per heavy atom. The fraction of sp³-hybridized carbons (Fsp3) is 0.429. The standard InChI is InChI=1S/C14H18O/c1-11-6-8-12(9-7-11)13-4-2-3-5-14(15)10-13/h6-10,14-15H,2-5H2,1H3. The summed E-state index contributed by atoms with van der Waals surface area (Å²) in [7, 11) is 0. The van der Waals surface area contributed by atoms with Crippen LogP contribution in [0.3, 0.4) is 0 Å². The van der Waals surface area contributed by atoms with Crippen LogP contribution in [0, 0.1) is 6.92 Å². The first-order chi connectivity index (χ1) is 7.25. The molecule has 1 unspecified atom stereocenters. The van der Waals surface area contributed by atoms with E-state index in [4.69, 9.17) is 0 Å². The lowest BCUT2D eigenvalue weighted by molar-refractivity contribution is 0.211. The number of rotatable bonds is 1. The van der Waals surface area contributed by atoms with Gasteiger partial charge in [0.15, 0.2) is 0 Å². The monoisotopic (exact) mass is 202 g/mol. The van der Waals surface area contributed by atoms with E-state index in [1.807, 2.05) is 6.08 Å². The summed E-state index contributed by atoms with van der Waals surface area (Å²) in [5, 5.41) is 9.70. The van der Waals surface area contributed by atoms with Crippen molar-refractivity contribution >= 4 is 5.57 Å². The van der Waals surface area contributed by atoms with Crippen LogP contribution in [0.1, 0.15) is 36.8 Å². The van der Waals surface area contributed by atoms with Crippen LogP contribution in [0.15, 0.2) is 30.3 Å².